The van der Waals surface area contributed by atoms with E-state index in [1.165, 1.54) is 0 Å². The monoisotopic (exact) mass is 253 g/mol. The molecule has 1 amide bonds. The second-order valence-corrected chi connectivity index (χ2v) is 4.22. The summed E-state index contributed by atoms with van der Waals surface area (Å²) in [4.78, 5) is 23.4. The Morgan fingerprint density at radius 3 is 3.06 bits per heavy atom. The summed E-state index contributed by atoms with van der Waals surface area (Å²) in [6.45, 7) is 1.99. The van der Waals surface area contributed by atoms with Crippen LogP contribution in [0.2, 0.25) is 0 Å². The van der Waals surface area contributed by atoms with E-state index in [1.54, 1.807) is 25.2 Å². The van der Waals surface area contributed by atoms with Gasteiger partial charge in [-0.15, -0.1) is 0 Å². The van der Waals surface area contributed by atoms with Crippen molar-refractivity contribution in [1.29, 1.82) is 0 Å². The lowest BCUT2D eigenvalue weighted by molar-refractivity contribution is -0.140. The number of esters is 1. The van der Waals surface area contributed by atoms with E-state index in [9.17, 15) is 9.59 Å². The number of rotatable bonds is 2. The predicted molar refractivity (Wildman–Crippen MR) is 62.9 cm³/mol. The minimum absolute atomic E-state index is 0.180. The van der Waals surface area contributed by atoms with Crippen LogP contribution in [0, 0.1) is 11.8 Å². The van der Waals surface area contributed by atoms with Crippen LogP contribution in [0.4, 0.5) is 0 Å². The van der Waals surface area contributed by atoms with E-state index in [0.717, 1.165) is 0 Å². The van der Waals surface area contributed by atoms with Gasteiger partial charge in [-0.25, -0.2) is 4.79 Å². The summed E-state index contributed by atoms with van der Waals surface area (Å²) in [5, 5.41) is 3.00. The van der Waals surface area contributed by atoms with Gasteiger partial charge in [0.05, 0.1) is 12.5 Å². The normalized spacial score (nSPS) is 26.6. The number of halogens is 1. The summed E-state index contributed by atoms with van der Waals surface area (Å²) in [6, 6.07) is 0. The summed E-state index contributed by atoms with van der Waals surface area (Å²) in [5.74, 6) is -1.40. The molecule has 0 aromatic carbocycles. The first-order chi connectivity index (χ1) is 8.13. The molecule has 0 saturated carbocycles. The first kappa shape index (κ1) is 11.9. The van der Waals surface area contributed by atoms with Crippen molar-refractivity contribution in [3.05, 3.63) is 35.0 Å². The van der Waals surface area contributed by atoms with Crippen LogP contribution in [-0.2, 0) is 14.3 Å². The number of allylic oxidation sites excluding steroid dienone is 4. The van der Waals surface area contributed by atoms with Crippen molar-refractivity contribution in [1.82, 2.24) is 5.32 Å². The van der Waals surface area contributed by atoms with Crippen molar-refractivity contribution in [2.45, 2.75) is 6.92 Å². The fraction of sp³-hybridized carbons (Fsp3) is 0.333. The zero-order valence-corrected chi connectivity index (χ0v) is 10.0. The zero-order valence-electron chi connectivity index (χ0n) is 9.27. The highest BCUT2D eigenvalue weighted by molar-refractivity contribution is 6.31. The van der Waals surface area contributed by atoms with Gasteiger partial charge in [-0.1, -0.05) is 23.8 Å². The largest absolute Gasteiger partial charge is 0.461 e. The third-order valence-electron chi connectivity index (χ3n) is 2.67. The van der Waals surface area contributed by atoms with Gasteiger partial charge in [-0.2, -0.15) is 0 Å². The van der Waals surface area contributed by atoms with Crippen molar-refractivity contribution >= 4 is 23.5 Å². The maximum Gasteiger partial charge on any atom is 0.354 e. The maximum atomic E-state index is 11.8. The van der Waals surface area contributed by atoms with Gasteiger partial charge in [0.15, 0.2) is 0 Å². The highest BCUT2D eigenvalue weighted by atomic mass is 35.5. The molecule has 17 heavy (non-hydrogen) atoms. The van der Waals surface area contributed by atoms with E-state index in [-0.39, 0.29) is 24.1 Å². The average molecular weight is 254 g/mol. The number of ether oxygens (including phenoxy) is 1. The van der Waals surface area contributed by atoms with Crippen LogP contribution in [0.3, 0.4) is 0 Å². The number of fused-ring (bicyclic) bond motifs is 1. The van der Waals surface area contributed by atoms with E-state index in [1.807, 2.05) is 6.08 Å². The Bertz CT molecular complexity index is 451. The molecule has 0 fully saturated rings. The van der Waals surface area contributed by atoms with E-state index >= 15 is 0 Å². The Labute approximate surface area is 104 Å². The van der Waals surface area contributed by atoms with Crippen LogP contribution in [0.1, 0.15) is 6.92 Å². The van der Waals surface area contributed by atoms with E-state index in [2.05, 4.69) is 5.32 Å². The molecule has 90 valence electrons. The molecule has 0 bridgehead atoms. The fourth-order valence-corrected chi connectivity index (χ4v) is 2.22. The molecule has 0 aromatic heterocycles. The van der Waals surface area contributed by atoms with Crippen LogP contribution in [-0.4, -0.2) is 18.5 Å². The molecule has 1 aliphatic carbocycles. The summed E-state index contributed by atoms with van der Waals surface area (Å²) in [6.07, 6.45) is 6.98. The Kier molecular flexibility index (Phi) is 3.33. The van der Waals surface area contributed by atoms with E-state index in [0.29, 0.717) is 5.03 Å². The van der Waals surface area contributed by atoms with Crippen LogP contribution in [0.15, 0.2) is 35.0 Å². The fourth-order valence-electron chi connectivity index (χ4n) is 1.90. The zero-order chi connectivity index (χ0) is 12.4. The Morgan fingerprint density at radius 1 is 1.59 bits per heavy atom. The van der Waals surface area contributed by atoms with Gasteiger partial charge in [-0.3, -0.25) is 4.79 Å². The molecule has 1 heterocycles. The molecule has 2 rings (SSSR count). The lowest BCUT2D eigenvalue weighted by Crippen LogP contribution is -2.41. The molecular weight excluding hydrogens is 242 g/mol. The molecule has 2 unspecified atom stereocenters. The Balaban J connectivity index is 2.25. The molecule has 0 aromatic rings. The Morgan fingerprint density at radius 2 is 2.35 bits per heavy atom. The minimum Gasteiger partial charge on any atom is -0.461 e. The second kappa shape index (κ2) is 4.75. The summed E-state index contributed by atoms with van der Waals surface area (Å²) < 4.78 is 4.84. The summed E-state index contributed by atoms with van der Waals surface area (Å²) >= 11 is 5.98. The van der Waals surface area contributed by atoms with Crippen LogP contribution >= 0.6 is 11.6 Å². The van der Waals surface area contributed by atoms with Crippen molar-refractivity contribution in [3.8, 4) is 0 Å². The standard InChI is InChI=1S/C12H12ClNO3/c1-2-17-12(16)9-6-7-4-3-5-8(13)10(7)11(15)14-9/h3-7,10H,2H2,1H3,(H,14,15). The molecule has 1 aliphatic heterocycles. The lowest BCUT2D eigenvalue weighted by Gasteiger charge is -2.28. The SMILES string of the molecule is CCOC(=O)C1=CC2C=CC=C(Cl)C2C(=O)N1. The molecular formula is C12H12ClNO3. The lowest BCUT2D eigenvalue weighted by atomic mass is 9.84. The van der Waals surface area contributed by atoms with Gasteiger partial charge in [-0.05, 0) is 19.1 Å². The molecule has 0 radical (unpaired) electrons. The van der Waals surface area contributed by atoms with Crippen molar-refractivity contribution in [3.63, 3.8) is 0 Å². The number of carbonyl (C=O) groups excluding carboxylic acids is 2. The predicted octanol–water partition coefficient (Wildman–Crippen LogP) is 1.49. The molecule has 2 aliphatic rings. The highest BCUT2D eigenvalue weighted by Gasteiger charge is 2.35. The number of nitrogens with one attached hydrogen (secondary N) is 1. The van der Waals surface area contributed by atoms with Crippen LogP contribution < -0.4 is 5.32 Å². The van der Waals surface area contributed by atoms with Crippen LogP contribution in [0.25, 0.3) is 0 Å². The number of hydrogen-bond donors (Lipinski definition) is 1. The van der Waals surface area contributed by atoms with Crippen LogP contribution in [0.5, 0.6) is 0 Å². The first-order valence-corrected chi connectivity index (χ1v) is 5.75. The number of carbonyl (C=O) groups is 2. The van der Waals surface area contributed by atoms with Crippen molar-refractivity contribution in [2.24, 2.45) is 11.8 Å². The third-order valence-corrected chi connectivity index (χ3v) is 3.03. The van der Waals surface area contributed by atoms with Gasteiger partial charge in [0.2, 0.25) is 5.91 Å². The molecule has 0 spiro atoms. The molecule has 5 heteroatoms. The maximum absolute atomic E-state index is 11.8. The van der Waals surface area contributed by atoms with Gasteiger partial charge < -0.3 is 10.1 Å². The number of hydrogen-bond acceptors (Lipinski definition) is 3. The minimum atomic E-state index is -0.515. The average Bonchev–Trinajstić information content (AvgIpc) is 2.29. The number of amides is 1. The quantitative estimate of drug-likeness (QED) is 0.759. The first-order valence-electron chi connectivity index (χ1n) is 5.37. The Hall–Kier alpha value is -1.55. The van der Waals surface area contributed by atoms with Crippen molar-refractivity contribution in [2.75, 3.05) is 6.61 Å². The molecule has 1 N–H and O–H groups in total. The highest BCUT2D eigenvalue weighted by Crippen LogP contribution is 2.33. The van der Waals surface area contributed by atoms with E-state index in [4.69, 9.17) is 16.3 Å². The summed E-state index contributed by atoms with van der Waals surface area (Å²) in [7, 11) is 0. The smallest absolute Gasteiger partial charge is 0.354 e. The second-order valence-electron chi connectivity index (χ2n) is 3.78. The molecule has 4 nitrogen and oxygen atoms in total. The van der Waals surface area contributed by atoms with Gasteiger partial charge in [0.1, 0.15) is 5.70 Å². The van der Waals surface area contributed by atoms with Gasteiger partial charge >= 0.3 is 5.97 Å². The topological polar surface area (TPSA) is 55.4 Å². The van der Waals surface area contributed by atoms with Gasteiger partial charge in [0.25, 0.3) is 0 Å². The summed E-state index contributed by atoms with van der Waals surface area (Å²) in [5.41, 5.74) is 0.189. The van der Waals surface area contributed by atoms with Crippen molar-refractivity contribution < 1.29 is 14.3 Å². The van der Waals surface area contributed by atoms with E-state index < -0.39 is 11.9 Å². The molecule has 2 atom stereocenters. The van der Waals surface area contributed by atoms with Gasteiger partial charge in [0, 0.05) is 11.0 Å². The third kappa shape index (κ3) is 2.26. The molecule has 0 saturated heterocycles.